The van der Waals surface area contributed by atoms with Gasteiger partial charge in [0.2, 0.25) is 0 Å². The molecular formula is C16H23ClN2O2. The molecule has 1 aliphatic rings. The number of hydrogen-bond donors (Lipinski definition) is 1. The molecule has 1 N–H and O–H groups in total. The summed E-state index contributed by atoms with van der Waals surface area (Å²) in [4.78, 5) is 14.2. The lowest BCUT2D eigenvalue weighted by Crippen LogP contribution is -2.59. The van der Waals surface area contributed by atoms with Crippen molar-refractivity contribution in [3.63, 3.8) is 0 Å². The number of urea groups is 1. The zero-order valence-corrected chi connectivity index (χ0v) is 13.6. The standard InChI is InChI=1S/C16H23ClN2O2/c1-4-8-18-15(20)19-10-14(21-11-16(19,2)3)12-6-5-7-13(17)9-12/h5-7,9,14H,4,8,10-11H2,1-3H3,(H,18,20). The molecule has 1 atom stereocenters. The Balaban J connectivity index is 2.13. The van der Waals surface area contributed by atoms with Gasteiger partial charge in [-0.05, 0) is 38.0 Å². The SMILES string of the molecule is CCCNC(=O)N1CC(c2cccc(Cl)c2)OCC1(C)C. The number of hydrogen-bond acceptors (Lipinski definition) is 2. The Kier molecular flexibility index (Phi) is 5.12. The first-order valence-corrected chi connectivity index (χ1v) is 7.74. The molecule has 5 heteroatoms. The van der Waals surface area contributed by atoms with E-state index < -0.39 is 0 Å². The Bertz CT molecular complexity index is 505. The average molecular weight is 311 g/mol. The number of rotatable bonds is 3. The minimum Gasteiger partial charge on any atom is -0.369 e. The van der Waals surface area contributed by atoms with Crippen molar-refractivity contribution in [1.29, 1.82) is 0 Å². The van der Waals surface area contributed by atoms with Gasteiger partial charge in [-0.15, -0.1) is 0 Å². The minimum absolute atomic E-state index is 0.0304. The summed E-state index contributed by atoms with van der Waals surface area (Å²) in [6.45, 7) is 7.81. The third-order valence-corrected chi connectivity index (χ3v) is 3.94. The van der Waals surface area contributed by atoms with Crippen LogP contribution in [0.1, 0.15) is 38.9 Å². The van der Waals surface area contributed by atoms with E-state index in [-0.39, 0.29) is 17.7 Å². The van der Waals surface area contributed by atoms with Crippen LogP contribution in [-0.4, -0.2) is 36.2 Å². The molecule has 0 saturated carbocycles. The lowest BCUT2D eigenvalue weighted by atomic mass is 9.98. The molecule has 0 aliphatic carbocycles. The van der Waals surface area contributed by atoms with Gasteiger partial charge in [-0.3, -0.25) is 0 Å². The van der Waals surface area contributed by atoms with Crippen LogP contribution < -0.4 is 5.32 Å². The van der Waals surface area contributed by atoms with Gasteiger partial charge in [-0.1, -0.05) is 30.7 Å². The van der Waals surface area contributed by atoms with Crippen molar-refractivity contribution in [1.82, 2.24) is 10.2 Å². The molecule has 2 amide bonds. The van der Waals surface area contributed by atoms with Crippen molar-refractivity contribution >= 4 is 17.6 Å². The molecule has 1 saturated heterocycles. The van der Waals surface area contributed by atoms with Gasteiger partial charge < -0.3 is 15.0 Å². The fraction of sp³-hybridized carbons (Fsp3) is 0.562. The number of halogens is 1. The molecule has 2 rings (SSSR count). The van der Waals surface area contributed by atoms with Gasteiger partial charge in [0.1, 0.15) is 6.10 Å². The predicted molar refractivity (Wildman–Crippen MR) is 84.6 cm³/mol. The maximum Gasteiger partial charge on any atom is 0.318 e. The summed E-state index contributed by atoms with van der Waals surface area (Å²) in [5, 5.41) is 3.63. The van der Waals surface area contributed by atoms with Crippen LogP contribution in [0.2, 0.25) is 5.02 Å². The van der Waals surface area contributed by atoms with E-state index in [0.717, 1.165) is 12.0 Å². The van der Waals surface area contributed by atoms with Gasteiger partial charge >= 0.3 is 6.03 Å². The van der Waals surface area contributed by atoms with Gasteiger partial charge in [0.25, 0.3) is 0 Å². The third-order valence-electron chi connectivity index (χ3n) is 3.71. The molecule has 0 aromatic heterocycles. The second-order valence-electron chi connectivity index (χ2n) is 6.01. The van der Waals surface area contributed by atoms with E-state index in [2.05, 4.69) is 5.32 Å². The summed E-state index contributed by atoms with van der Waals surface area (Å²) in [5.41, 5.74) is 0.693. The fourth-order valence-electron chi connectivity index (χ4n) is 2.44. The van der Waals surface area contributed by atoms with Crippen molar-refractivity contribution in [3.8, 4) is 0 Å². The van der Waals surface area contributed by atoms with Crippen LogP contribution in [0, 0.1) is 0 Å². The van der Waals surface area contributed by atoms with Crippen LogP contribution in [0.15, 0.2) is 24.3 Å². The van der Waals surface area contributed by atoms with E-state index in [1.54, 1.807) is 0 Å². The zero-order chi connectivity index (χ0) is 15.5. The summed E-state index contributed by atoms with van der Waals surface area (Å²) in [7, 11) is 0. The number of amides is 2. The van der Waals surface area contributed by atoms with Crippen LogP contribution in [0.25, 0.3) is 0 Å². The minimum atomic E-state index is -0.313. The van der Waals surface area contributed by atoms with Crippen molar-refractivity contribution in [2.75, 3.05) is 19.7 Å². The van der Waals surface area contributed by atoms with Crippen LogP contribution in [0.3, 0.4) is 0 Å². The molecule has 4 nitrogen and oxygen atoms in total. The monoisotopic (exact) mass is 310 g/mol. The van der Waals surface area contributed by atoms with Crippen molar-refractivity contribution < 1.29 is 9.53 Å². The number of nitrogens with one attached hydrogen (secondary N) is 1. The molecule has 1 aromatic rings. The summed E-state index contributed by atoms with van der Waals surface area (Å²) in [5.74, 6) is 0. The first-order valence-electron chi connectivity index (χ1n) is 7.36. The Labute approximate surface area is 131 Å². The maximum absolute atomic E-state index is 12.3. The molecule has 1 aromatic carbocycles. The Morgan fingerprint density at radius 2 is 2.29 bits per heavy atom. The van der Waals surface area contributed by atoms with E-state index >= 15 is 0 Å². The lowest BCUT2D eigenvalue weighted by molar-refractivity contribution is -0.0803. The topological polar surface area (TPSA) is 41.6 Å². The first-order chi connectivity index (χ1) is 9.94. The molecule has 0 spiro atoms. The Hall–Kier alpha value is -1.26. The summed E-state index contributed by atoms with van der Waals surface area (Å²) < 4.78 is 5.94. The van der Waals surface area contributed by atoms with Crippen LogP contribution in [0.5, 0.6) is 0 Å². The first kappa shape index (κ1) is 16.1. The molecular weight excluding hydrogens is 288 g/mol. The highest BCUT2D eigenvalue weighted by molar-refractivity contribution is 6.30. The number of nitrogens with zero attached hydrogens (tertiary/aromatic N) is 1. The average Bonchev–Trinajstić information content (AvgIpc) is 2.44. The van der Waals surface area contributed by atoms with Gasteiger partial charge in [0, 0.05) is 11.6 Å². The molecule has 1 heterocycles. The highest BCUT2D eigenvalue weighted by Gasteiger charge is 2.38. The van der Waals surface area contributed by atoms with Crippen LogP contribution in [0.4, 0.5) is 4.79 Å². The second kappa shape index (κ2) is 6.67. The van der Waals surface area contributed by atoms with E-state index in [1.165, 1.54) is 0 Å². The van der Waals surface area contributed by atoms with Gasteiger partial charge in [-0.2, -0.15) is 0 Å². The summed E-state index contributed by atoms with van der Waals surface area (Å²) >= 11 is 6.04. The van der Waals surface area contributed by atoms with Gasteiger partial charge in [-0.25, -0.2) is 4.79 Å². The number of carbonyl (C=O) groups is 1. The number of carbonyl (C=O) groups excluding carboxylic acids is 1. The fourth-order valence-corrected chi connectivity index (χ4v) is 2.64. The summed E-state index contributed by atoms with van der Waals surface area (Å²) in [6, 6.07) is 7.59. The van der Waals surface area contributed by atoms with Crippen LogP contribution in [-0.2, 0) is 4.74 Å². The molecule has 21 heavy (non-hydrogen) atoms. The van der Waals surface area contributed by atoms with Crippen molar-refractivity contribution in [3.05, 3.63) is 34.9 Å². The molecule has 116 valence electrons. The molecule has 0 bridgehead atoms. The van der Waals surface area contributed by atoms with E-state index in [1.807, 2.05) is 49.9 Å². The highest BCUT2D eigenvalue weighted by atomic mass is 35.5. The quantitative estimate of drug-likeness (QED) is 0.926. The highest BCUT2D eigenvalue weighted by Crippen LogP contribution is 2.31. The number of ether oxygens (including phenoxy) is 1. The second-order valence-corrected chi connectivity index (χ2v) is 6.45. The maximum atomic E-state index is 12.3. The van der Waals surface area contributed by atoms with Gasteiger partial charge in [0.15, 0.2) is 0 Å². The van der Waals surface area contributed by atoms with Gasteiger partial charge in [0.05, 0.1) is 18.7 Å². The summed E-state index contributed by atoms with van der Waals surface area (Å²) in [6.07, 6.45) is 0.790. The van der Waals surface area contributed by atoms with E-state index in [9.17, 15) is 4.79 Å². The van der Waals surface area contributed by atoms with Crippen LogP contribution >= 0.6 is 11.6 Å². The zero-order valence-electron chi connectivity index (χ0n) is 12.9. The molecule has 1 fully saturated rings. The molecule has 0 radical (unpaired) electrons. The molecule has 1 unspecified atom stereocenters. The largest absolute Gasteiger partial charge is 0.369 e. The lowest BCUT2D eigenvalue weighted by Gasteiger charge is -2.45. The van der Waals surface area contributed by atoms with Crippen molar-refractivity contribution in [2.45, 2.75) is 38.8 Å². The third kappa shape index (κ3) is 3.89. The Morgan fingerprint density at radius 1 is 1.52 bits per heavy atom. The smallest absolute Gasteiger partial charge is 0.318 e. The van der Waals surface area contributed by atoms with Crippen molar-refractivity contribution in [2.24, 2.45) is 0 Å². The predicted octanol–water partition coefficient (Wildman–Crippen LogP) is 3.61. The van der Waals surface area contributed by atoms with E-state index in [4.69, 9.17) is 16.3 Å². The van der Waals surface area contributed by atoms with E-state index in [0.29, 0.717) is 24.7 Å². The Morgan fingerprint density at radius 3 is 2.95 bits per heavy atom. The number of morpholine rings is 1. The normalized spacial score (nSPS) is 21.1. The molecule has 1 aliphatic heterocycles. The number of benzene rings is 1.